The molecule has 1 aliphatic heterocycles. The summed E-state index contributed by atoms with van der Waals surface area (Å²) in [4.78, 5) is 32.7. The zero-order chi connectivity index (χ0) is 16.2. The highest BCUT2D eigenvalue weighted by atomic mass is 16.2. The molecule has 116 valence electrons. The zero-order valence-electron chi connectivity index (χ0n) is 12.4. The summed E-state index contributed by atoms with van der Waals surface area (Å²) in [5, 5.41) is 3.96. The van der Waals surface area contributed by atoms with E-state index in [1.807, 2.05) is 18.2 Å². The quantitative estimate of drug-likeness (QED) is 0.896. The highest BCUT2D eigenvalue weighted by molar-refractivity contribution is 6.43. The van der Waals surface area contributed by atoms with Crippen LogP contribution in [-0.4, -0.2) is 28.7 Å². The van der Waals surface area contributed by atoms with Crippen molar-refractivity contribution in [3.05, 3.63) is 54.7 Å². The number of aliphatic imine (C=N–C) groups is 1. The Balaban J connectivity index is 1.81. The van der Waals surface area contributed by atoms with Crippen molar-refractivity contribution in [3.8, 4) is 0 Å². The molecule has 0 spiro atoms. The number of nitrogens with zero attached hydrogens (tertiary/aromatic N) is 3. The Hall–Kier alpha value is -3.22. The number of aromatic nitrogens is 1. The molecule has 0 saturated carbocycles. The van der Waals surface area contributed by atoms with Crippen LogP contribution in [0.2, 0.25) is 0 Å². The van der Waals surface area contributed by atoms with Gasteiger partial charge in [-0.25, -0.2) is 15.0 Å². The molecule has 23 heavy (non-hydrogen) atoms. The summed E-state index contributed by atoms with van der Waals surface area (Å²) < 4.78 is 0. The van der Waals surface area contributed by atoms with Gasteiger partial charge in [-0.3, -0.25) is 15.0 Å². The van der Waals surface area contributed by atoms with Crippen molar-refractivity contribution in [2.24, 2.45) is 4.99 Å². The SMILES string of the molecule is C[C@H]1N=C(C(=O)Nc2ccccn2)NN(c2ccccc2)C1=O. The second kappa shape index (κ2) is 6.27. The van der Waals surface area contributed by atoms with Crippen LogP contribution in [0.1, 0.15) is 6.92 Å². The van der Waals surface area contributed by atoms with Gasteiger partial charge in [0.2, 0.25) is 5.84 Å². The lowest BCUT2D eigenvalue weighted by Gasteiger charge is -2.30. The van der Waals surface area contributed by atoms with Crippen LogP contribution >= 0.6 is 0 Å². The Morgan fingerprint density at radius 2 is 1.91 bits per heavy atom. The third kappa shape index (κ3) is 3.18. The van der Waals surface area contributed by atoms with E-state index in [0.29, 0.717) is 11.5 Å². The van der Waals surface area contributed by atoms with Gasteiger partial charge in [-0.05, 0) is 31.2 Å². The predicted octanol–water partition coefficient (Wildman–Crippen LogP) is 1.36. The van der Waals surface area contributed by atoms with Crippen LogP contribution in [-0.2, 0) is 9.59 Å². The third-order valence-corrected chi connectivity index (χ3v) is 3.25. The van der Waals surface area contributed by atoms with E-state index in [2.05, 4.69) is 20.7 Å². The normalized spacial score (nSPS) is 17.3. The molecule has 2 N–H and O–H groups in total. The first-order chi connectivity index (χ1) is 11.1. The van der Waals surface area contributed by atoms with Crippen molar-refractivity contribution in [2.75, 3.05) is 10.3 Å². The molecule has 7 heteroatoms. The standard InChI is InChI=1S/C16H15N5O2/c1-11-16(23)21(12-7-3-2-4-8-12)20-14(18-11)15(22)19-13-9-5-6-10-17-13/h2-11H,1H3,(H,18,20)(H,17,19,22)/t11-/m1/s1. The molecule has 0 saturated heterocycles. The van der Waals surface area contributed by atoms with Gasteiger partial charge in [0.25, 0.3) is 11.8 Å². The maximum Gasteiger partial charge on any atom is 0.293 e. The number of amidine groups is 1. The Morgan fingerprint density at radius 1 is 1.17 bits per heavy atom. The lowest BCUT2D eigenvalue weighted by molar-refractivity contribution is -0.120. The van der Waals surface area contributed by atoms with Crippen molar-refractivity contribution in [3.63, 3.8) is 0 Å². The maximum atomic E-state index is 12.3. The number of nitrogens with one attached hydrogen (secondary N) is 2. The lowest BCUT2D eigenvalue weighted by Crippen LogP contribution is -2.57. The molecule has 1 atom stereocenters. The van der Waals surface area contributed by atoms with Crippen LogP contribution in [0.4, 0.5) is 11.5 Å². The van der Waals surface area contributed by atoms with E-state index in [1.165, 1.54) is 5.01 Å². The number of hydrogen-bond donors (Lipinski definition) is 2. The highest BCUT2D eigenvalue weighted by Gasteiger charge is 2.30. The summed E-state index contributed by atoms with van der Waals surface area (Å²) in [6.07, 6.45) is 1.58. The van der Waals surface area contributed by atoms with Crippen molar-refractivity contribution in [1.82, 2.24) is 10.4 Å². The molecule has 0 aliphatic carbocycles. The summed E-state index contributed by atoms with van der Waals surface area (Å²) in [6, 6.07) is 13.6. The van der Waals surface area contributed by atoms with E-state index in [1.54, 1.807) is 43.5 Å². The second-order valence-corrected chi connectivity index (χ2v) is 4.94. The number of carbonyl (C=O) groups is 2. The van der Waals surface area contributed by atoms with E-state index in [4.69, 9.17) is 0 Å². The zero-order valence-corrected chi connectivity index (χ0v) is 12.4. The minimum atomic E-state index is -0.652. The van der Waals surface area contributed by atoms with E-state index in [-0.39, 0.29) is 11.7 Å². The molecule has 0 radical (unpaired) electrons. The number of anilines is 2. The summed E-state index contributed by atoms with van der Waals surface area (Å²) in [5.74, 6) is -0.209. The molecule has 2 amide bonds. The van der Waals surface area contributed by atoms with Gasteiger partial charge in [0.15, 0.2) is 0 Å². The fourth-order valence-electron chi connectivity index (χ4n) is 2.12. The Morgan fingerprint density at radius 3 is 2.61 bits per heavy atom. The van der Waals surface area contributed by atoms with E-state index >= 15 is 0 Å². The number of para-hydroxylation sites is 1. The van der Waals surface area contributed by atoms with E-state index < -0.39 is 11.9 Å². The molecular weight excluding hydrogens is 294 g/mol. The van der Waals surface area contributed by atoms with Crippen molar-refractivity contribution in [1.29, 1.82) is 0 Å². The first-order valence-electron chi connectivity index (χ1n) is 7.11. The number of hydrogen-bond acceptors (Lipinski definition) is 5. The summed E-state index contributed by atoms with van der Waals surface area (Å²) >= 11 is 0. The molecule has 2 aromatic rings. The van der Waals surface area contributed by atoms with Gasteiger partial charge in [-0.2, -0.15) is 0 Å². The number of hydrazine groups is 1. The van der Waals surface area contributed by atoms with Crippen LogP contribution in [0.25, 0.3) is 0 Å². The van der Waals surface area contributed by atoms with Gasteiger partial charge in [-0.15, -0.1) is 0 Å². The van der Waals surface area contributed by atoms with E-state index in [0.717, 1.165) is 0 Å². The third-order valence-electron chi connectivity index (χ3n) is 3.25. The van der Waals surface area contributed by atoms with Crippen molar-refractivity contribution in [2.45, 2.75) is 13.0 Å². The number of amides is 2. The topological polar surface area (TPSA) is 86.7 Å². The molecule has 7 nitrogen and oxygen atoms in total. The molecule has 0 unspecified atom stereocenters. The molecular formula is C16H15N5O2. The predicted molar refractivity (Wildman–Crippen MR) is 86.8 cm³/mol. The fourth-order valence-corrected chi connectivity index (χ4v) is 2.12. The summed E-state index contributed by atoms with van der Waals surface area (Å²) in [6.45, 7) is 1.65. The Kier molecular flexibility index (Phi) is 4.01. The number of rotatable bonds is 3. The fraction of sp³-hybridized carbons (Fsp3) is 0.125. The summed E-state index contributed by atoms with van der Waals surface area (Å²) in [7, 11) is 0. The molecule has 0 fully saturated rings. The van der Waals surface area contributed by atoms with Crippen molar-refractivity contribution < 1.29 is 9.59 Å². The van der Waals surface area contributed by atoms with Crippen LogP contribution in [0.5, 0.6) is 0 Å². The molecule has 0 bridgehead atoms. The Labute approximate surface area is 133 Å². The second-order valence-electron chi connectivity index (χ2n) is 4.94. The van der Waals surface area contributed by atoms with E-state index in [9.17, 15) is 9.59 Å². The number of benzene rings is 1. The van der Waals surface area contributed by atoms with Crippen LogP contribution in [0.3, 0.4) is 0 Å². The van der Waals surface area contributed by atoms with Crippen LogP contribution in [0, 0.1) is 0 Å². The molecule has 2 heterocycles. The molecule has 1 aromatic carbocycles. The van der Waals surface area contributed by atoms with Gasteiger partial charge in [0, 0.05) is 6.20 Å². The van der Waals surface area contributed by atoms with Gasteiger partial charge >= 0.3 is 0 Å². The number of pyridine rings is 1. The van der Waals surface area contributed by atoms with Crippen molar-refractivity contribution >= 4 is 29.2 Å². The van der Waals surface area contributed by atoms with Gasteiger partial charge in [0.05, 0.1) is 5.69 Å². The highest BCUT2D eigenvalue weighted by Crippen LogP contribution is 2.16. The maximum absolute atomic E-state index is 12.3. The first kappa shape index (κ1) is 14.7. The average Bonchev–Trinajstić information content (AvgIpc) is 2.59. The Bertz CT molecular complexity index is 746. The number of carbonyl (C=O) groups excluding carboxylic acids is 2. The van der Waals surface area contributed by atoms with Gasteiger partial charge in [-0.1, -0.05) is 24.3 Å². The largest absolute Gasteiger partial charge is 0.304 e. The molecule has 1 aromatic heterocycles. The lowest BCUT2D eigenvalue weighted by atomic mass is 10.2. The van der Waals surface area contributed by atoms with Crippen LogP contribution < -0.4 is 15.8 Å². The first-order valence-corrected chi connectivity index (χ1v) is 7.11. The molecule has 1 aliphatic rings. The monoisotopic (exact) mass is 309 g/mol. The smallest absolute Gasteiger partial charge is 0.293 e. The minimum Gasteiger partial charge on any atom is -0.304 e. The molecule has 3 rings (SSSR count). The minimum absolute atomic E-state index is 0.0617. The summed E-state index contributed by atoms with van der Waals surface area (Å²) in [5.41, 5.74) is 3.41. The van der Waals surface area contributed by atoms with Gasteiger partial charge < -0.3 is 5.32 Å². The van der Waals surface area contributed by atoms with Crippen LogP contribution in [0.15, 0.2) is 59.7 Å². The average molecular weight is 309 g/mol. The van der Waals surface area contributed by atoms with Gasteiger partial charge in [0.1, 0.15) is 11.9 Å².